The third kappa shape index (κ3) is 3.78. The van der Waals surface area contributed by atoms with Crippen LogP contribution in [0.3, 0.4) is 0 Å². The minimum absolute atomic E-state index is 0.200. The fraction of sp³-hybridized carbons (Fsp3) is 0.233. The number of nitriles is 1. The lowest BCUT2D eigenvalue weighted by Gasteiger charge is -2.36. The average molecular weight is 512 g/mol. The van der Waals surface area contributed by atoms with Crippen LogP contribution >= 0.6 is 11.6 Å². The third-order valence-corrected chi connectivity index (χ3v) is 7.67. The zero-order chi connectivity index (χ0) is 26.3. The van der Waals surface area contributed by atoms with Crippen LogP contribution in [0.4, 0.5) is 11.4 Å². The van der Waals surface area contributed by atoms with Crippen molar-refractivity contribution in [3.63, 3.8) is 0 Å². The van der Waals surface area contributed by atoms with Crippen molar-refractivity contribution >= 4 is 40.8 Å². The number of esters is 1. The van der Waals surface area contributed by atoms with Crippen molar-refractivity contribution in [3.8, 4) is 6.07 Å². The molecule has 37 heavy (non-hydrogen) atoms. The number of carbonyl (C=O) groups is 2. The molecule has 0 aliphatic carbocycles. The van der Waals surface area contributed by atoms with Gasteiger partial charge in [0, 0.05) is 42.0 Å². The second kappa shape index (κ2) is 9.42. The second-order valence-corrected chi connectivity index (χ2v) is 9.96. The van der Waals surface area contributed by atoms with Gasteiger partial charge in [-0.3, -0.25) is 9.59 Å². The molecule has 3 aromatic rings. The first kappa shape index (κ1) is 24.6. The number of ether oxygens (including phenoxy) is 1. The molecule has 186 valence electrons. The number of para-hydroxylation sites is 1. The number of ketones is 1. The molecule has 0 saturated carbocycles. The summed E-state index contributed by atoms with van der Waals surface area (Å²) in [5.41, 5.74) is 2.17. The zero-order valence-corrected chi connectivity index (χ0v) is 21.5. The molecule has 2 heterocycles. The molecule has 7 heteroatoms. The van der Waals surface area contributed by atoms with Crippen molar-refractivity contribution < 1.29 is 14.3 Å². The van der Waals surface area contributed by atoms with E-state index in [1.165, 1.54) is 7.11 Å². The number of nitrogens with zero attached hydrogens (tertiary/aromatic N) is 3. The van der Waals surface area contributed by atoms with Gasteiger partial charge in [-0.1, -0.05) is 54.1 Å². The van der Waals surface area contributed by atoms with E-state index in [2.05, 4.69) is 6.07 Å². The van der Waals surface area contributed by atoms with Gasteiger partial charge < -0.3 is 14.5 Å². The predicted octanol–water partition coefficient (Wildman–Crippen LogP) is 5.34. The highest BCUT2D eigenvalue weighted by Crippen LogP contribution is 2.56. The Kier molecular flexibility index (Phi) is 6.26. The monoisotopic (exact) mass is 511 g/mol. The van der Waals surface area contributed by atoms with Crippen molar-refractivity contribution in [3.05, 3.63) is 101 Å². The minimum Gasteiger partial charge on any atom is -0.468 e. The number of methoxy groups -OCH3 is 1. The van der Waals surface area contributed by atoms with Crippen LogP contribution in [-0.4, -0.2) is 45.0 Å². The number of rotatable bonds is 5. The van der Waals surface area contributed by atoms with Crippen LogP contribution in [0.1, 0.15) is 27.4 Å². The van der Waals surface area contributed by atoms with E-state index >= 15 is 0 Å². The van der Waals surface area contributed by atoms with Gasteiger partial charge in [-0.15, -0.1) is 0 Å². The lowest BCUT2D eigenvalue weighted by molar-refractivity contribution is -0.150. The van der Waals surface area contributed by atoms with E-state index in [4.69, 9.17) is 16.3 Å². The molecule has 0 unspecified atom stereocenters. The summed E-state index contributed by atoms with van der Waals surface area (Å²) in [4.78, 5) is 31.8. The van der Waals surface area contributed by atoms with E-state index < -0.39 is 29.4 Å². The fourth-order valence-corrected chi connectivity index (χ4v) is 5.80. The molecule has 6 nitrogen and oxygen atoms in total. The summed E-state index contributed by atoms with van der Waals surface area (Å²) < 4.78 is 5.27. The number of Topliss-reactive ketones (excluding diaryl/α,β-unsaturated/α-hetero) is 1. The highest BCUT2D eigenvalue weighted by atomic mass is 35.5. The molecule has 1 fully saturated rings. The third-order valence-electron chi connectivity index (χ3n) is 7.42. The van der Waals surface area contributed by atoms with Gasteiger partial charge >= 0.3 is 5.97 Å². The van der Waals surface area contributed by atoms with Gasteiger partial charge in [-0.25, -0.2) is 0 Å². The molecule has 0 amide bonds. The van der Waals surface area contributed by atoms with Gasteiger partial charge in [-0.2, -0.15) is 5.26 Å². The summed E-state index contributed by atoms with van der Waals surface area (Å²) in [5.74, 6) is -1.67. The molecule has 0 spiro atoms. The Hall–Kier alpha value is -4.08. The van der Waals surface area contributed by atoms with E-state index in [1.807, 2.05) is 84.6 Å². The minimum atomic E-state index is -1.66. The Morgan fingerprint density at radius 1 is 1.03 bits per heavy atom. The molecule has 2 aliphatic heterocycles. The standard InChI is InChI=1S/C30H26ClN3O3/c1-33(2)23-15-10-20(11-16-23)26-27(28(35)21-8-13-22(31)14-9-21)34-24-7-5-4-6-19(24)12-17-25(34)30(26,18-32)29(36)37-3/h4-17,25-27H,1-3H3/t25-,26-,27+,30+/m1/s1. The highest BCUT2D eigenvalue weighted by Gasteiger charge is 2.67. The van der Waals surface area contributed by atoms with Crippen LogP contribution in [-0.2, 0) is 9.53 Å². The van der Waals surface area contributed by atoms with E-state index in [1.54, 1.807) is 24.3 Å². The molecule has 0 radical (unpaired) electrons. The van der Waals surface area contributed by atoms with Crippen LogP contribution in [0.25, 0.3) is 6.08 Å². The normalized spacial score (nSPS) is 23.5. The largest absolute Gasteiger partial charge is 0.468 e. The van der Waals surface area contributed by atoms with Gasteiger partial charge in [0.05, 0.1) is 19.2 Å². The topological polar surface area (TPSA) is 73.6 Å². The molecular formula is C30H26ClN3O3. The highest BCUT2D eigenvalue weighted by molar-refractivity contribution is 6.30. The van der Waals surface area contributed by atoms with Gasteiger partial charge in [-0.05, 0) is 53.6 Å². The smallest absolute Gasteiger partial charge is 0.329 e. The number of hydrogen-bond acceptors (Lipinski definition) is 6. The zero-order valence-electron chi connectivity index (χ0n) is 20.8. The molecule has 1 saturated heterocycles. The lowest BCUT2D eigenvalue weighted by Crippen LogP contribution is -2.46. The molecule has 0 aromatic heterocycles. The Morgan fingerprint density at radius 2 is 1.70 bits per heavy atom. The summed E-state index contributed by atoms with van der Waals surface area (Å²) in [6, 6.07) is 22.8. The van der Waals surface area contributed by atoms with Crippen LogP contribution in [0.15, 0.2) is 78.9 Å². The van der Waals surface area contributed by atoms with Crippen LogP contribution in [0, 0.1) is 16.7 Å². The Balaban J connectivity index is 1.79. The van der Waals surface area contributed by atoms with Crippen molar-refractivity contribution in [1.29, 1.82) is 5.26 Å². The fourth-order valence-electron chi connectivity index (χ4n) is 5.67. The van der Waals surface area contributed by atoms with Crippen molar-refractivity contribution in [2.24, 2.45) is 5.41 Å². The first-order chi connectivity index (χ1) is 17.8. The van der Waals surface area contributed by atoms with Gasteiger partial charge in [0.25, 0.3) is 0 Å². The van der Waals surface area contributed by atoms with E-state index in [0.29, 0.717) is 16.1 Å². The quantitative estimate of drug-likeness (QED) is 0.340. The summed E-state index contributed by atoms with van der Waals surface area (Å²) in [5, 5.41) is 11.3. The number of benzene rings is 3. The Bertz CT molecular complexity index is 1430. The number of hydrogen-bond donors (Lipinski definition) is 0. The van der Waals surface area contributed by atoms with Gasteiger partial charge in [0.1, 0.15) is 6.04 Å². The van der Waals surface area contributed by atoms with Crippen LogP contribution in [0.5, 0.6) is 0 Å². The number of anilines is 2. The average Bonchev–Trinajstić information content (AvgIpc) is 3.24. The maximum Gasteiger partial charge on any atom is 0.329 e. The van der Waals surface area contributed by atoms with E-state index in [9.17, 15) is 14.9 Å². The van der Waals surface area contributed by atoms with Crippen LogP contribution < -0.4 is 9.80 Å². The molecule has 5 rings (SSSR count). The summed E-state index contributed by atoms with van der Waals surface area (Å²) in [7, 11) is 5.16. The maximum atomic E-state index is 14.3. The lowest BCUT2D eigenvalue weighted by atomic mass is 9.68. The Labute approximate surface area is 221 Å². The summed E-state index contributed by atoms with van der Waals surface area (Å²) >= 11 is 6.11. The SMILES string of the molecule is COC(=O)[C@]1(C#N)[C@H](c2ccc(N(C)C)cc2)[C@@H](C(=O)c2ccc(Cl)cc2)N2c3ccccc3C=C[C@@H]21. The second-order valence-electron chi connectivity index (χ2n) is 9.52. The molecule has 0 bridgehead atoms. The number of fused-ring (bicyclic) bond motifs is 3. The summed E-state index contributed by atoms with van der Waals surface area (Å²) in [6.07, 6.45) is 3.76. The molecule has 4 atom stereocenters. The first-order valence-electron chi connectivity index (χ1n) is 12.0. The van der Waals surface area contributed by atoms with Gasteiger partial charge in [0.15, 0.2) is 11.2 Å². The van der Waals surface area contributed by atoms with Crippen LogP contribution in [0.2, 0.25) is 5.02 Å². The van der Waals surface area contributed by atoms with E-state index in [0.717, 1.165) is 16.9 Å². The summed E-state index contributed by atoms with van der Waals surface area (Å²) in [6.45, 7) is 0. The molecule has 0 N–H and O–H groups in total. The molecule has 3 aromatic carbocycles. The molecular weight excluding hydrogens is 486 g/mol. The maximum absolute atomic E-state index is 14.3. The first-order valence-corrected chi connectivity index (χ1v) is 12.3. The van der Waals surface area contributed by atoms with E-state index in [-0.39, 0.29) is 5.78 Å². The number of carbonyl (C=O) groups excluding carboxylic acids is 2. The Morgan fingerprint density at radius 3 is 2.32 bits per heavy atom. The van der Waals surface area contributed by atoms with Crippen molar-refractivity contribution in [1.82, 2.24) is 0 Å². The number of halogens is 1. The molecule has 2 aliphatic rings. The van der Waals surface area contributed by atoms with Crippen molar-refractivity contribution in [2.45, 2.75) is 18.0 Å². The van der Waals surface area contributed by atoms with Crippen molar-refractivity contribution in [2.75, 3.05) is 31.0 Å². The van der Waals surface area contributed by atoms with Gasteiger partial charge in [0.2, 0.25) is 0 Å². The predicted molar refractivity (Wildman–Crippen MR) is 145 cm³/mol.